The summed E-state index contributed by atoms with van der Waals surface area (Å²) in [6.45, 7) is 3.74. The molecule has 0 unspecified atom stereocenters. The molecule has 0 radical (unpaired) electrons. The van der Waals surface area contributed by atoms with E-state index in [1.807, 2.05) is 24.3 Å². The molecule has 3 N–H and O–H groups in total. The number of unbranched alkanes of at least 4 members (excludes halogenated alkanes) is 1. The topological polar surface area (TPSA) is 83.1 Å². The number of carbonyl (C=O) groups excluding carboxylic acids is 2. The number of anilines is 1. The zero-order chi connectivity index (χ0) is 19.8. The summed E-state index contributed by atoms with van der Waals surface area (Å²) in [5.41, 5.74) is 0.970. The molecule has 0 aliphatic rings. The van der Waals surface area contributed by atoms with Crippen LogP contribution in [-0.4, -0.2) is 35.8 Å². The molecule has 1 aromatic heterocycles. The van der Waals surface area contributed by atoms with Crippen molar-refractivity contribution in [3.63, 3.8) is 0 Å². The second kappa shape index (κ2) is 9.85. The Balaban J connectivity index is 1.49. The van der Waals surface area contributed by atoms with Gasteiger partial charge < -0.3 is 16.0 Å². The van der Waals surface area contributed by atoms with Crippen LogP contribution in [0.25, 0.3) is 10.1 Å². The molecule has 6 nitrogen and oxygen atoms in total. The minimum atomic E-state index is -0.201. The van der Waals surface area contributed by atoms with E-state index in [1.54, 1.807) is 24.3 Å². The summed E-state index contributed by atoms with van der Waals surface area (Å²) in [5.74, 6) is 0.480. The number of carbonyl (C=O) groups is 2. The molecule has 0 bridgehead atoms. The zero-order valence-corrected chi connectivity index (χ0v) is 16.6. The highest BCUT2D eigenvalue weighted by atomic mass is 32.1. The van der Waals surface area contributed by atoms with Gasteiger partial charge in [-0.1, -0.05) is 31.5 Å². The van der Waals surface area contributed by atoms with E-state index in [0.29, 0.717) is 30.8 Å². The fourth-order valence-electron chi connectivity index (χ4n) is 2.75. The zero-order valence-electron chi connectivity index (χ0n) is 15.8. The number of nitrogens with zero attached hydrogens (tertiary/aromatic N) is 1. The third-order valence-corrected chi connectivity index (χ3v) is 5.11. The highest BCUT2D eigenvalue weighted by Crippen LogP contribution is 2.25. The molecule has 0 spiro atoms. The van der Waals surface area contributed by atoms with Crippen molar-refractivity contribution in [1.29, 1.82) is 0 Å². The van der Waals surface area contributed by atoms with Gasteiger partial charge in [0.15, 0.2) is 0 Å². The Bertz CT molecular complexity index is 954. The lowest BCUT2D eigenvalue weighted by Crippen LogP contribution is -2.29. The lowest BCUT2D eigenvalue weighted by Gasteiger charge is -2.08. The third-order valence-electron chi connectivity index (χ3n) is 4.28. The van der Waals surface area contributed by atoms with Gasteiger partial charge in [0, 0.05) is 36.1 Å². The van der Waals surface area contributed by atoms with Crippen LogP contribution in [-0.2, 0) is 0 Å². The number of benzene rings is 2. The SMILES string of the molecule is CCCCNC(=O)c1cccc(C(=O)NCCNc2nsc3ccccc23)c1. The molecule has 0 fully saturated rings. The smallest absolute Gasteiger partial charge is 0.251 e. The number of nitrogens with one attached hydrogen (secondary N) is 3. The molecule has 7 heteroatoms. The molecule has 3 rings (SSSR count). The van der Waals surface area contributed by atoms with Crippen LogP contribution in [0.5, 0.6) is 0 Å². The Labute approximate surface area is 168 Å². The maximum atomic E-state index is 12.4. The second-order valence-corrected chi connectivity index (χ2v) is 7.21. The third kappa shape index (κ3) is 5.07. The summed E-state index contributed by atoms with van der Waals surface area (Å²) in [6, 6.07) is 14.8. The number of amides is 2. The standard InChI is InChI=1S/C21H24N4O2S/c1-2-3-11-23-20(26)15-7-6-8-16(14-15)21(27)24-13-12-22-19-17-9-4-5-10-18(17)28-25-19/h4-10,14H,2-3,11-13H2,1H3,(H,22,25)(H,23,26)(H,24,27). The molecule has 0 aliphatic carbocycles. The number of hydrogen-bond acceptors (Lipinski definition) is 5. The normalized spacial score (nSPS) is 10.6. The Kier molecular flexibility index (Phi) is 6.97. The van der Waals surface area contributed by atoms with Crippen molar-refractivity contribution in [2.45, 2.75) is 19.8 Å². The first-order valence-electron chi connectivity index (χ1n) is 9.44. The lowest BCUT2D eigenvalue weighted by atomic mass is 10.1. The van der Waals surface area contributed by atoms with Gasteiger partial charge in [-0.05, 0) is 48.3 Å². The Morgan fingerprint density at radius 2 is 1.64 bits per heavy atom. The van der Waals surface area contributed by atoms with Crippen LogP contribution in [0.1, 0.15) is 40.5 Å². The average molecular weight is 397 g/mol. The van der Waals surface area contributed by atoms with Gasteiger partial charge >= 0.3 is 0 Å². The molecular formula is C21H24N4O2S. The van der Waals surface area contributed by atoms with E-state index < -0.39 is 0 Å². The predicted octanol–water partition coefficient (Wildman–Crippen LogP) is 3.67. The molecule has 146 valence electrons. The fourth-order valence-corrected chi connectivity index (χ4v) is 3.51. The van der Waals surface area contributed by atoms with E-state index in [4.69, 9.17) is 0 Å². The molecule has 1 heterocycles. The van der Waals surface area contributed by atoms with Crippen molar-refractivity contribution in [1.82, 2.24) is 15.0 Å². The summed E-state index contributed by atoms with van der Waals surface area (Å²) >= 11 is 1.45. The van der Waals surface area contributed by atoms with Crippen LogP contribution < -0.4 is 16.0 Å². The minimum Gasteiger partial charge on any atom is -0.367 e. The van der Waals surface area contributed by atoms with E-state index in [9.17, 15) is 9.59 Å². The van der Waals surface area contributed by atoms with Crippen LogP contribution in [0.15, 0.2) is 48.5 Å². The van der Waals surface area contributed by atoms with Crippen LogP contribution in [0.4, 0.5) is 5.82 Å². The van der Waals surface area contributed by atoms with Gasteiger partial charge in [0.25, 0.3) is 11.8 Å². The number of aromatic nitrogens is 1. The van der Waals surface area contributed by atoms with E-state index in [-0.39, 0.29) is 11.8 Å². The average Bonchev–Trinajstić information content (AvgIpc) is 3.14. The quantitative estimate of drug-likeness (QED) is 0.482. The first-order valence-corrected chi connectivity index (χ1v) is 10.2. The highest BCUT2D eigenvalue weighted by Gasteiger charge is 2.10. The summed E-state index contributed by atoms with van der Waals surface area (Å²) in [6.07, 6.45) is 1.96. The summed E-state index contributed by atoms with van der Waals surface area (Å²) in [7, 11) is 0. The van der Waals surface area contributed by atoms with Gasteiger partial charge in [0.2, 0.25) is 0 Å². The number of hydrogen-bond donors (Lipinski definition) is 3. The Morgan fingerprint density at radius 1 is 0.929 bits per heavy atom. The predicted molar refractivity (Wildman–Crippen MR) is 114 cm³/mol. The largest absolute Gasteiger partial charge is 0.367 e. The summed E-state index contributed by atoms with van der Waals surface area (Å²) < 4.78 is 5.53. The van der Waals surface area contributed by atoms with Crippen LogP contribution in [0.2, 0.25) is 0 Å². The van der Waals surface area contributed by atoms with Crippen molar-refractivity contribution in [2.75, 3.05) is 25.0 Å². The van der Waals surface area contributed by atoms with Crippen molar-refractivity contribution in [3.05, 3.63) is 59.7 Å². The van der Waals surface area contributed by atoms with Crippen LogP contribution in [0, 0.1) is 0 Å². The van der Waals surface area contributed by atoms with Gasteiger partial charge in [-0.2, -0.15) is 4.37 Å². The lowest BCUT2D eigenvalue weighted by molar-refractivity contribution is 0.0953. The molecule has 3 aromatic rings. The van der Waals surface area contributed by atoms with Gasteiger partial charge in [-0.25, -0.2) is 0 Å². The summed E-state index contributed by atoms with van der Waals surface area (Å²) in [5, 5.41) is 10.1. The van der Waals surface area contributed by atoms with Gasteiger partial charge in [0.05, 0.1) is 4.70 Å². The van der Waals surface area contributed by atoms with Gasteiger partial charge in [-0.3, -0.25) is 9.59 Å². The van der Waals surface area contributed by atoms with Crippen LogP contribution >= 0.6 is 11.5 Å². The highest BCUT2D eigenvalue weighted by molar-refractivity contribution is 7.13. The van der Waals surface area contributed by atoms with Crippen LogP contribution in [0.3, 0.4) is 0 Å². The first-order chi connectivity index (χ1) is 13.7. The maximum absolute atomic E-state index is 12.4. The first kappa shape index (κ1) is 19.8. The van der Waals surface area contributed by atoms with E-state index in [0.717, 1.165) is 28.7 Å². The van der Waals surface area contributed by atoms with Crippen molar-refractivity contribution in [2.24, 2.45) is 0 Å². The molecule has 2 aromatic carbocycles. The van der Waals surface area contributed by atoms with E-state index in [2.05, 4.69) is 27.2 Å². The van der Waals surface area contributed by atoms with Crippen molar-refractivity contribution in [3.8, 4) is 0 Å². The molecule has 0 aliphatic heterocycles. The van der Waals surface area contributed by atoms with E-state index in [1.165, 1.54) is 11.5 Å². The molecule has 28 heavy (non-hydrogen) atoms. The molecule has 2 amide bonds. The molecule has 0 saturated heterocycles. The maximum Gasteiger partial charge on any atom is 0.251 e. The summed E-state index contributed by atoms with van der Waals surface area (Å²) in [4.78, 5) is 24.5. The molecule has 0 saturated carbocycles. The van der Waals surface area contributed by atoms with E-state index >= 15 is 0 Å². The number of fused-ring (bicyclic) bond motifs is 1. The fraction of sp³-hybridized carbons (Fsp3) is 0.286. The minimum absolute atomic E-state index is 0.153. The van der Waals surface area contributed by atoms with Crippen molar-refractivity contribution >= 4 is 39.3 Å². The van der Waals surface area contributed by atoms with Crippen molar-refractivity contribution < 1.29 is 9.59 Å². The number of rotatable bonds is 9. The molecule has 0 atom stereocenters. The van der Waals surface area contributed by atoms with Gasteiger partial charge in [-0.15, -0.1) is 0 Å². The van der Waals surface area contributed by atoms with Gasteiger partial charge in [0.1, 0.15) is 5.82 Å². The second-order valence-electron chi connectivity index (χ2n) is 6.40. The monoisotopic (exact) mass is 396 g/mol. The Hall–Kier alpha value is -2.93. The Morgan fingerprint density at radius 3 is 2.39 bits per heavy atom. The molecular weight excluding hydrogens is 372 g/mol.